The van der Waals surface area contributed by atoms with Crippen molar-refractivity contribution in [1.82, 2.24) is 0 Å². The second-order valence-corrected chi connectivity index (χ2v) is 4.60. The Labute approximate surface area is 109 Å². The van der Waals surface area contributed by atoms with Gasteiger partial charge in [0.2, 0.25) is 0 Å². The van der Waals surface area contributed by atoms with Crippen molar-refractivity contribution >= 4 is 27.6 Å². The zero-order valence-electron chi connectivity index (χ0n) is 10.1. The molecular weight excluding hydrogens is 286 g/mol. The van der Waals surface area contributed by atoms with Crippen LogP contribution in [-0.2, 0) is 9.53 Å². The molecule has 0 aliphatic carbocycles. The Morgan fingerprint density at radius 3 is 2.71 bits per heavy atom. The molecule has 0 aliphatic heterocycles. The number of ether oxygens (including phenoxy) is 2. The Balaban J connectivity index is 2.63. The minimum Gasteiger partial charge on any atom is -0.497 e. The number of methoxy groups -OCH3 is 2. The Hall–Kier alpha value is -1.23. The molecule has 0 bridgehead atoms. The summed E-state index contributed by atoms with van der Waals surface area (Å²) in [6.45, 7) is 2.33. The molecule has 0 radical (unpaired) electrons. The normalized spacial score (nSPS) is 11.8. The molecule has 0 aromatic heterocycles. The highest BCUT2D eigenvalue weighted by atomic mass is 79.9. The van der Waals surface area contributed by atoms with E-state index in [1.54, 1.807) is 7.11 Å². The first-order valence-corrected chi connectivity index (χ1v) is 6.02. The van der Waals surface area contributed by atoms with Crippen LogP contribution in [0, 0.1) is 5.92 Å². The van der Waals surface area contributed by atoms with Gasteiger partial charge in [-0.25, -0.2) is 0 Å². The molecule has 0 saturated carbocycles. The van der Waals surface area contributed by atoms with Gasteiger partial charge in [0, 0.05) is 22.8 Å². The lowest BCUT2D eigenvalue weighted by molar-refractivity contribution is -0.144. The lowest BCUT2D eigenvalue weighted by Crippen LogP contribution is -2.21. The standard InChI is InChI=1S/C12H16BrNO3/c1-8(12(15)17-3)7-14-10-4-9(13)5-11(6-10)16-2/h4-6,8,14H,7H2,1-3H3. The fourth-order valence-electron chi connectivity index (χ4n) is 1.34. The van der Waals surface area contributed by atoms with Crippen LogP contribution in [-0.4, -0.2) is 26.7 Å². The highest BCUT2D eigenvalue weighted by Crippen LogP contribution is 2.24. The molecule has 1 N–H and O–H groups in total. The van der Waals surface area contributed by atoms with Crippen molar-refractivity contribution in [3.05, 3.63) is 22.7 Å². The average Bonchev–Trinajstić information content (AvgIpc) is 2.34. The molecule has 0 spiro atoms. The maximum absolute atomic E-state index is 11.2. The first-order chi connectivity index (χ1) is 8.06. The summed E-state index contributed by atoms with van der Waals surface area (Å²) >= 11 is 3.39. The third-order valence-corrected chi connectivity index (χ3v) is 2.78. The summed E-state index contributed by atoms with van der Waals surface area (Å²) < 4.78 is 10.7. The van der Waals surface area contributed by atoms with Crippen LogP contribution in [0.3, 0.4) is 0 Å². The van der Waals surface area contributed by atoms with Gasteiger partial charge in [0.05, 0.1) is 20.1 Å². The molecular formula is C12H16BrNO3. The van der Waals surface area contributed by atoms with Gasteiger partial charge in [0.1, 0.15) is 5.75 Å². The van der Waals surface area contributed by atoms with Crippen LogP contribution in [0.15, 0.2) is 22.7 Å². The van der Waals surface area contributed by atoms with E-state index in [1.165, 1.54) is 7.11 Å². The van der Waals surface area contributed by atoms with Crippen molar-refractivity contribution in [2.75, 3.05) is 26.1 Å². The number of nitrogens with one attached hydrogen (secondary N) is 1. The van der Waals surface area contributed by atoms with Crippen molar-refractivity contribution in [1.29, 1.82) is 0 Å². The predicted molar refractivity (Wildman–Crippen MR) is 70.4 cm³/mol. The number of benzene rings is 1. The molecule has 1 unspecified atom stereocenters. The smallest absolute Gasteiger partial charge is 0.310 e. The van der Waals surface area contributed by atoms with Crippen molar-refractivity contribution in [3.8, 4) is 5.75 Å². The second-order valence-electron chi connectivity index (χ2n) is 3.68. The molecule has 0 fully saturated rings. The number of halogens is 1. The monoisotopic (exact) mass is 301 g/mol. The SMILES string of the molecule is COC(=O)C(C)CNc1cc(Br)cc(OC)c1. The van der Waals surface area contributed by atoms with Crippen LogP contribution in [0.1, 0.15) is 6.92 Å². The lowest BCUT2D eigenvalue weighted by atomic mass is 10.2. The van der Waals surface area contributed by atoms with Crippen LogP contribution in [0.2, 0.25) is 0 Å². The molecule has 1 atom stereocenters. The van der Waals surface area contributed by atoms with Gasteiger partial charge in [0.25, 0.3) is 0 Å². The summed E-state index contributed by atoms with van der Waals surface area (Å²) in [6.07, 6.45) is 0. The molecule has 0 aliphatic rings. The van der Waals surface area contributed by atoms with E-state index in [9.17, 15) is 4.79 Å². The van der Waals surface area contributed by atoms with Gasteiger partial charge >= 0.3 is 5.97 Å². The molecule has 4 nitrogen and oxygen atoms in total. The molecule has 1 aromatic rings. The second kappa shape index (κ2) is 6.49. The van der Waals surface area contributed by atoms with Crippen molar-refractivity contribution < 1.29 is 14.3 Å². The Morgan fingerprint density at radius 1 is 1.41 bits per heavy atom. The highest BCUT2D eigenvalue weighted by molar-refractivity contribution is 9.10. The summed E-state index contributed by atoms with van der Waals surface area (Å²) in [4.78, 5) is 11.2. The molecule has 0 heterocycles. The number of hydrogen-bond acceptors (Lipinski definition) is 4. The summed E-state index contributed by atoms with van der Waals surface area (Å²) in [7, 11) is 3.00. The number of anilines is 1. The van der Waals surface area contributed by atoms with E-state index in [0.29, 0.717) is 6.54 Å². The number of hydrogen-bond donors (Lipinski definition) is 1. The van der Waals surface area contributed by atoms with Gasteiger partial charge in [-0.05, 0) is 12.1 Å². The van der Waals surface area contributed by atoms with Gasteiger partial charge in [-0.15, -0.1) is 0 Å². The van der Waals surface area contributed by atoms with E-state index >= 15 is 0 Å². The highest BCUT2D eigenvalue weighted by Gasteiger charge is 2.12. The Bertz CT molecular complexity index is 395. The molecule has 0 amide bonds. The Morgan fingerprint density at radius 2 is 2.12 bits per heavy atom. The van der Waals surface area contributed by atoms with Gasteiger partial charge in [0.15, 0.2) is 0 Å². The van der Waals surface area contributed by atoms with Gasteiger partial charge in [-0.2, -0.15) is 0 Å². The minimum absolute atomic E-state index is 0.190. The van der Waals surface area contributed by atoms with Crippen LogP contribution in [0.5, 0.6) is 5.75 Å². The average molecular weight is 302 g/mol. The zero-order valence-corrected chi connectivity index (χ0v) is 11.7. The fraction of sp³-hybridized carbons (Fsp3) is 0.417. The van der Waals surface area contributed by atoms with E-state index in [-0.39, 0.29) is 11.9 Å². The molecule has 1 rings (SSSR count). The maximum Gasteiger partial charge on any atom is 0.310 e. The molecule has 5 heteroatoms. The lowest BCUT2D eigenvalue weighted by Gasteiger charge is -2.12. The summed E-state index contributed by atoms with van der Waals surface area (Å²) in [5.41, 5.74) is 0.895. The van der Waals surface area contributed by atoms with E-state index in [1.807, 2.05) is 25.1 Å². The molecule has 94 valence electrons. The van der Waals surface area contributed by atoms with Crippen LogP contribution >= 0.6 is 15.9 Å². The fourth-order valence-corrected chi connectivity index (χ4v) is 1.81. The van der Waals surface area contributed by atoms with E-state index in [2.05, 4.69) is 26.0 Å². The van der Waals surface area contributed by atoms with Gasteiger partial charge in [-0.1, -0.05) is 22.9 Å². The van der Waals surface area contributed by atoms with Gasteiger partial charge < -0.3 is 14.8 Å². The molecule has 17 heavy (non-hydrogen) atoms. The van der Waals surface area contributed by atoms with E-state index in [4.69, 9.17) is 4.74 Å². The number of carbonyl (C=O) groups excluding carboxylic acids is 1. The Kier molecular flexibility index (Phi) is 5.28. The maximum atomic E-state index is 11.2. The first kappa shape index (κ1) is 13.8. The predicted octanol–water partition coefficient (Wildman–Crippen LogP) is 2.68. The summed E-state index contributed by atoms with van der Waals surface area (Å²) in [5, 5.41) is 3.16. The number of esters is 1. The van der Waals surface area contributed by atoms with Crippen molar-refractivity contribution in [3.63, 3.8) is 0 Å². The van der Waals surface area contributed by atoms with E-state index < -0.39 is 0 Å². The largest absolute Gasteiger partial charge is 0.497 e. The minimum atomic E-state index is -0.223. The molecule has 0 saturated heterocycles. The third kappa shape index (κ3) is 4.26. The first-order valence-electron chi connectivity index (χ1n) is 5.23. The van der Waals surface area contributed by atoms with Crippen LogP contribution in [0.4, 0.5) is 5.69 Å². The quantitative estimate of drug-likeness (QED) is 0.850. The third-order valence-electron chi connectivity index (χ3n) is 2.32. The number of rotatable bonds is 5. The summed E-state index contributed by atoms with van der Waals surface area (Å²) in [6, 6.07) is 5.66. The summed E-state index contributed by atoms with van der Waals surface area (Å²) in [5.74, 6) is 0.344. The topological polar surface area (TPSA) is 47.6 Å². The van der Waals surface area contributed by atoms with Crippen LogP contribution in [0.25, 0.3) is 0 Å². The van der Waals surface area contributed by atoms with Crippen LogP contribution < -0.4 is 10.1 Å². The van der Waals surface area contributed by atoms with E-state index in [0.717, 1.165) is 15.9 Å². The number of carbonyl (C=O) groups is 1. The van der Waals surface area contributed by atoms with Crippen molar-refractivity contribution in [2.24, 2.45) is 5.92 Å². The van der Waals surface area contributed by atoms with Gasteiger partial charge in [-0.3, -0.25) is 4.79 Å². The van der Waals surface area contributed by atoms with Crippen molar-refractivity contribution in [2.45, 2.75) is 6.92 Å². The zero-order chi connectivity index (χ0) is 12.8. The molecule has 1 aromatic carbocycles.